The Hall–Kier alpha value is -0.385. The molecule has 0 heterocycles. The van der Waals surface area contributed by atoms with E-state index >= 15 is 0 Å². The fourth-order valence-corrected chi connectivity index (χ4v) is 0.518. The fourth-order valence-electron chi connectivity index (χ4n) is 0.518. The number of rotatable bonds is 2. The first-order valence-corrected chi connectivity index (χ1v) is 3.78. The van der Waals surface area contributed by atoms with Crippen LogP contribution in [0.1, 0.15) is 27.7 Å². The summed E-state index contributed by atoms with van der Waals surface area (Å²) in [6, 6.07) is 0. The minimum Gasteiger partial charge on any atom is -0.550 e. The van der Waals surface area contributed by atoms with Crippen molar-refractivity contribution in [2.24, 2.45) is 0 Å². The van der Waals surface area contributed by atoms with Crippen LogP contribution in [0.15, 0.2) is 6.08 Å². The predicted octanol–water partition coefficient (Wildman–Crippen LogP) is 0.0710. The van der Waals surface area contributed by atoms with E-state index in [0.717, 1.165) is 6.92 Å². The number of esters is 1. The number of hydrogen-bond acceptors (Lipinski definition) is 4. The van der Waals surface area contributed by atoms with Crippen LogP contribution in [0.25, 0.3) is 0 Å². The number of aliphatic carboxylic acids is 1. The van der Waals surface area contributed by atoms with Crippen molar-refractivity contribution in [1.82, 2.24) is 0 Å². The summed E-state index contributed by atoms with van der Waals surface area (Å²) in [7, 11) is 0. The van der Waals surface area contributed by atoms with Crippen LogP contribution in [0, 0.1) is 6.08 Å². The molecule has 0 fully saturated rings. The molecule has 0 unspecified atom stereocenters. The number of allylic oxidation sites excluding steroid dienone is 1. The van der Waals surface area contributed by atoms with Gasteiger partial charge in [0.15, 0.2) is 0 Å². The molecule has 0 saturated heterocycles. The van der Waals surface area contributed by atoms with Crippen LogP contribution in [0.4, 0.5) is 0 Å². The molecular formula is C9H14HgO4. The van der Waals surface area contributed by atoms with Gasteiger partial charge in [0.1, 0.15) is 6.10 Å². The first-order valence-electron chi connectivity index (χ1n) is 3.78. The molecule has 0 amide bonds. The van der Waals surface area contributed by atoms with Gasteiger partial charge >= 0.3 is 33.6 Å². The van der Waals surface area contributed by atoms with E-state index in [1.807, 2.05) is 6.92 Å². The van der Waals surface area contributed by atoms with Crippen molar-refractivity contribution < 1.29 is 47.1 Å². The van der Waals surface area contributed by atoms with E-state index in [1.165, 1.54) is 6.92 Å². The molecule has 0 saturated carbocycles. The molecule has 14 heavy (non-hydrogen) atoms. The Kier molecular flexibility index (Phi) is 17.3. The van der Waals surface area contributed by atoms with E-state index in [0.29, 0.717) is 0 Å². The zero-order valence-corrected chi connectivity index (χ0v) is 14.5. The Balaban J connectivity index is -0.000000209. The molecule has 0 aliphatic carbocycles. The van der Waals surface area contributed by atoms with Gasteiger partial charge in [0.2, 0.25) is 0 Å². The first kappa shape index (κ1) is 19.2. The molecule has 1 atom stereocenters. The fraction of sp³-hybridized carbons (Fsp3) is 0.556. The van der Waals surface area contributed by atoms with Gasteiger partial charge in [-0.1, -0.05) is 6.08 Å². The van der Waals surface area contributed by atoms with Gasteiger partial charge in [-0.05, 0) is 26.8 Å². The van der Waals surface area contributed by atoms with Gasteiger partial charge in [0.05, 0.1) is 0 Å². The summed E-state index contributed by atoms with van der Waals surface area (Å²) in [5, 5.41) is 8.89. The summed E-state index contributed by atoms with van der Waals surface area (Å²) in [6.07, 6.45) is 4.32. The predicted molar refractivity (Wildman–Crippen MR) is 45.4 cm³/mol. The van der Waals surface area contributed by atoms with Crippen molar-refractivity contribution in [3.8, 4) is 0 Å². The third kappa shape index (κ3) is 29.9. The maximum Gasteiger partial charge on any atom is 1.00 e. The standard InChI is InChI=1S/C7H11O2.C2H4O2.Hg/c1-4-5-6(2)9-7(3)8;1-2(3)4;/h4,6H,1-3H3;1H3,(H,3,4);/q;;+1/p-1/t6-;;/m1../s1. The summed E-state index contributed by atoms with van der Waals surface area (Å²) in [5.74, 6) is -1.35. The SMILES string of the molecule is CC(=O)[O-].CC=[C][C@@H](C)OC(C)=O.[Hg+]. The normalized spacial score (nSPS) is 10.6. The third-order valence-electron chi connectivity index (χ3n) is 0.744. The molecule has 0 aromatic rings. The zero-order valence-electron chi connectivity index (χ0n) is 8.99. The van der Waals surface area contributed by atoms with Crippen LogP contribution in [0.2, 0.25) is 0 Å². The van der Waals surface area contributed by atoms with Crippen LogP contribution in [0.3, 0.4) is 0 Å². The first-order chi connectivity index (χ1) is 5.90. The average Bonchev–Trinajstić information content (AvgIpc) is 1.83. The van der Waals surface area contributed by atoms with E-state index in [4.69, 9.17) is 14.6 Å². The second-order valence-electron chi connectivity index (χ2n) is 2.20. The van der Waals surface area contributed by atoms with Crippen molar-refractivity contribution >= 4 is 11.9 Å². The number of carboxylic acid groups (broad SMARTS) is 1. The summed E-state index contributed by atoms with van der Waals surface area (Å²) < 4.78 is 4.71. The Bertz CT molecular complexity index is 185. The van der Waals surface area contributed by atoms with Crippen LogP contribution in [-0.4, -0.2) is 18.0 Å². The molecule has 0 aromatic carbocycles. The van der Waals surface area contributed by atoms with Gasteiger partial charge < -0.3 is 14.6 Å². The maximum absolute atomic E-state index is 10.3. The number of carboxylic acids is 1. The van der Waals surface area contributed by atoms with Crippen molar-refractivity contribution in [2.75, 3.05) is 0 Å². The van der Waals surface area contributed by atoms with Gasteiger partial charge in [0.25, 0.3) is 0 Å². The molecule has 0 spiro atoms. The van der Waals surface area contributed by atoms with Gasteiger partial charge in [-0.3, -0.25) is 4.79 Å². The van der Waals surface area contributed by atoms with Crippen molar-refractivity contribution in [3.63, 3.8) is 0 Å². The van der Waals surface area contributed by atoms with Gasteiger partial charge in [-0.25, -0.2) is 0 Å². The van der Waals surface area contributed by atoms with Crippen LogP contribution < -0.4 is 5.11 Å². The second kappa shape index (κ2) is 12.6. The van der Waals surface area contributed by atoms with Crippen LogP contribution in [0.5, 0.6) is 0 Å². The molecule has 4 nitrogen and oxygen atoms in total. The molecule has 5 heteroatoms. The molecule has 0 bridgehead atoms. The summed E-state index contributed by atoms with van der Waals surface area (Å²) in [6.45, 7) is 5.95. The number of carbonyl (C=O) groups is 2. The minimum atomic E-state index is -1.08. The molecule has 0 aliphatic heterocycles. The smallest absolute Gasteiger partial charge is 0.550 e. The molecule has 76 valence electrons. The zero-order chi connectivity index (χ0) is 10.9. The van der Waals surface area contributed by atoms with E-state index in [9.17, 15) is 4.79 Å². The second-order valence-corrected chi connectivity index (χ2v) is 2.20. The number of hydrogen-bond donors (Lipinski definition) is 0. The van der Waals surface area contributed by atoms with Crippen molar-refractivity contribution in [3.05, 3.63) is 12.2 Å². The summed E-state index contributed by atoms with van der Waals surface area (Å²) in [4.78, 5) is 19.1. The topological polar surface area (TPSA) is 66.4 Å². The maximum atomic E-state index is 10.3. The molecular weight excluding hydrogens is 373 g/mol. The van der Waals surface area contributed by atoms with Crippen molar-refractivity contribution in [1.29, 1.82) is 0 Å². The Morgan fingerprint density at radius 3 is 2.00 bits per heavy atom. The largest absolute Gasteiger partial charge is 1.00 e. The van der Waals surface area contributed by atoms with E-state index in [-0.39, 0.29) is 39.7 Å². The Morgan fingerprint density at radius 2 is 1.79 bits per heavy atom. The van der Waals surface area contributed by atoms with E-state index in [2.05, 4.69) is 6.08 Å². The minimum absolute atomic E-state index is 0. The van der Waals surface area contributed by atoms with Crippen molar-refractivity contribution in [2.45, 2.75) is 33.8 Å². The van der Waals surface area contributed by atoms with Gasteiger partial charge in [0, 0.05) is 12.9 Å². The van der Waals surface area contributed by atoms with Gasteiger partial charge in [-0.2, -0.15) is 0 Å². The van der Waals surface area contributed by atoms with Crippen LogP contribution in [-0.2, 0) is 42.0 Å². The number of ether oxygens (including phenoxy) is 1. The van der Waals surface area contributed by atoms with Crippen LogP contribution >= 0.6 is 0 Å². The van der Waals surface area contributed by atoms with E-state index in [1.54, 1.807) is 13.0 Å². The Labute approximate surface area is 105 Å². The molecule has 2 radical (unpaired) electrons. The monoisotopic (exact) mass is 388 g/mol. The molecule has 0 rings (SSSR count). The average molecular weight is 387 g/mol. The Morgan fingerprint density at radius 1 is 1.43 bits per heavy atom. The van der Waals surface area contributed by atoms with Gasteiger partial charge in [-0.15, -0.1) is 0 Å². The van der Waals surface area contributed by atoms with E-state index < -0.39 is 5.97 Å². The molecule has 0 aromatic heterocycles. The number of carbonyl (C=O) groups excluding carboxylic acids is 2. The quantitative estimate of drug-likeness (QED) is 0.497. The molecule has 0 N–H and O–H groups in total. The third-order valence-corrected chi connectivity index (χ3v) is 0.744. The summed E-state index contributed by atoms with van der Waals surface area (Å²) in [5.41, 5.74) is 0. The summed E-state index contributed by atoms with van der Waals surface area (Å²) >= 11 is 0. The molecule has 0 aliphatic rings.